The monoisotopic (exact) mass is 774 g/mol. The first-order chi connectivity index (χ1) is 29.2. The summed E-state index contributed by atoms with van der Waals surface area (Å²) in [6.45, 7) is 0. The van der Waals surface area contributed by atoms with Gasteiger partial charge in [0.25, 0.3) is 0 Å². The van der Waals surface area contributed by atoms with Crippen molar-refractivity contribution in [2.24, 2.45) is 0 Å². The minimum atomic E-state index is 0.132. The largest absolute Gasteiger partial charge is 0.461 e. The number of hydrogen-bond donors (Lipinski definition) is 0. The van der Waals surface area contributed by atoms with Gasteiger partial charge in [-0.15, -0.1) is 11.3 Å². The lowest BCUT2D eigenvalue weighted by atomic mass is 9.87. The third-order valence-corrected chi connectivity index (χ3v) is 13.7. The Balaban J connectivity index is 0.964. The highest BCUT2D eigenvalue weighted by Crippen LogP contribution is 2.47. The Morgan fingerprint density at radius 2 is 1.36 bits per heavy atom. The molecule has 3 aliphatic rings. The Morgan fingerprint density at radius 1 is 0.610 bits per heavy atom. The molecule has 278 valence electrons. The van der Waals surface area contributed by atoms with Crippen molar-refractivity contribution in [1.29, 1.82) is 0 Å². The van der Waals surface area contributed by atoms with E-state index in [9.17, 15) is 0 Å². The standard InChI is InChI=1S/C53H34N4OS/c1-3-11-37-31(9-1)19-25-43-49(37)50-38-12-4-2-10-32(38)20-26-44(50)57(43)36-23-17-33(18-24-36)51-54-52(34-21-27-46-41(29-34)39-13-5-7-15-45(39)58-46)56-53(55-51)35-22-28-48-42(30-35)40-14-6-8-16-47(40)59-48/h1-3,5-11,13-28,30,41H,4,12,29H2. The van der Waals surface area contributed by atoms with E-state index in [4.69, 9.17) is 19.7 Å². The van der Waals surface area contributed by atoms with Crippen molar-refractivity contribution in [3.63, 3.8) is 0 Å². The average molecular weight is 775 g/mol. The smallest absolute Gasteiger partial charge is 0.164 e. The predicted octanol–water partition coefficient (Wildman–Crippen LogP) is 13.6. The SMILES string of the molecule is C1=Cc2ccc3c(c2CC1)c1c2ccccc2ccc1n3-c1ccc(-c2nc(C3=CC=C4Oc5ccccc5C4C3)nc(-c3ccc4sc5ccccc5c4c3)n2)cc1. The third kappa shape index (κ3) is 5.06. The van der Waals surface area contributed by atoms with Crippen LogP contribution in [-0.4, -0.2) is 19.5 Å². The minimum absolute atomic E-state index is 0.132. The number of allylic oxidation sites excluding steroid dienone is 5. The summed E-state index contributed by atoms with van der Waals surface area (Å²) in [6.07, 6.45) is 11.7. The van der Waals surface area contributed by atoms with E-state index >= 15 is 0 Å². The number of rotatable bonds is 4. The van der Waals surface area contributed by atoms with Crippen LogP contribution < -0.4 is 4.74 Å². The van der Waals surface area contributed by atoms with Crippen molar-refractivity contribution < 1.29 is 4.74 Å². The van der Waals surface area contributed by atoms with Crippen LogP contribution in [0.1, 0.15) is 41.3 Å². The van der Waals surface area contributed by atoms with E-state index in [0.717, 1.165) is 53.2 Å². The quantitative estimate of drug-likeness (QED) is 0.179. The molecule has 0 fully saturated rings. The molecule has 10 aromatic rings. The molecule has 1 unspecified atom stereocenters. The zero-order valence-corrected chi connectivity index (χ0v) is 32.7. The van der Waals surface area contributed by atoms with Crippen molar-refractivity contribution in [3.05, 3.63) is 186 Å². The van der Waals surface area contributed by atoms with Crippen LogP contribution in [0.25, 0.3) is 92.9 Å². The van der Waals surface area contributed by atoms with Crippen LogP contribution in [0, 0.1) is 0 Å². The second kappa shape index (κ2) is 12.7. The van der Waals surface area contributed by atoms with Gasteiger partial charge in [-0.1, -0.05) is 91.0 Å². The average Bonchev–Trinajstić information content (AvgIpc) is 3.98. The van der Waals surface area contributed by atoms with E-state index in [0.29, 0.717) is 17.5 Å². The first-order valence-electron chi connectivity index (χ1n) is 20.3. The summed E-state index contributed by atoms with van der Waals surface area (Å²) in [5.74, 6) is 4.05. The lowest BCUT2D eigenvalue weighted by Gasteiger charge is -2.18. The van der Waals surface area contributed by atoms with Crippen LogP contribution in [0.2, 0.25) is 0 Å². The fourth-order valence-corrected chi connectivity index (χ4v) is 10.8. The number of fused-ring (bicyclic) bond motifs is 13. The Hall–Kier alpha value is -7.15. The summed E-state index contributed by atoms with van der Waals surface area (Å²) in [4.78, 5) is 15.7. The normalized spacial score (nSPS) is 15.7. The molecule has 0 amide bonds. The summed E-state index contributed by atoms with van der Waals surface area (Å²) in [5.41, 5.74) is 10.5. The Labute approximate surface area is 343 Å². The highest BCUT2D eigenvalue weighted by molar-refractivity contribution is 7.25. The summed E-state index contributed by atoms with van der Waals surface area (Å²) in [7, 11) is 0. The van der Waals surface area contributed by atoms with Gasteiger partial charge in [0.05, 0.1) is 11.0 Å². The number of aryl methyl sites for hydroxylation is 1. The van der Waals surface area contributed by atoms with Crippen LogP contribution >= 0.6 is 11.3 Å². The van der Waals surface area contributed by atoms with E-state index in [1.807, 2.05) is 23.5 Å². The van der Waals surface area contributed by atoms with Gasteiger partial charge in [0.1, 0.15) is 11.5 Å². The zero-order chi connectivity index (χ0) is 38.6. The lowest BCUT2D eigenvalue weighted by Crippen LogP contribution is -2.08. The number of thiophene rings is 1. The van der Waals surface area contributed by atoms with Crippen LogP contribution in [0.5, 0.6) is 5.75 Å². The molecule has 0 saturated heterocycles. The minimum Gasteiger partial charge on any atom is -0.461 e. The topological polar surface area (TPSA) is 52.8 Å². The maximum atomic E-state index is 6.25. The number of hydrogen-bond acceptors (Lipinski definition) is 5. The van der Waals surface area contributed by atoms with E-state index in [1.54, 1.807) is 0 Å². The number of aromatic nitrogens is 4. The van der Waals surface area contributed by atoms with Crippen molar-refractivity contribution in [3.8, 4) is 34.2 Å². The first kappa shape index (κ1) is 32.9. The molecule has 3 aromatic heterocycles. The third-order valence-electron chi connectivity index (χ3n) is 12.5. The van der Waals surface area contributed by atoms with Crippen molar-refractivity contribution in [2.45, 2.75) is 25.2 Å². The van der Waals surface area contributed by atoms with Gasteiger partial charge in [0.2, 0.25) is 0 Å². The van der Waals surface area contributed by atoms with Crippen molar-refractivity contribution >= 4 is 75.7 Å². The second-order valence-corrected chi connectivity index (χ2v) is 16.9. The molecule has 4 heterocycles. The van der Waals surface area contributed by atoms with Gasteiger partial charge >= 0.3 is 0 Å². The molecule has 7 aromatic carbocycles. The fraction of sp³-hybridized carbons (Fsp3) is 0.0755. The van der Waals surface area contributed by atoms with Gasteiger partial charge < -0.3 is 9.30 Å². The lowest BCUT2D eigenvalue weighted by molar-refractivity contribution is 0.426. The molecule has 0 bridgehead atoms. The van der Waals surface area contributed by atoms with E-state index in [-0.39, 0.29) is 5.92 Å². The molecule has 0 radical (unpaired) electrons. The molecule has 2 aliphatic carbocycles. The van der Waals surface area contributed by atoms with E-state index < -0.39 is 0 Å². The van der Waals surface area contributed by atoms with Gasteiger partial charge in [-0.25, -0.2) is 15.0 Å². The molecular formula is C53H34N4OS. The molecule has 5 nitrogen and oxygen atoms in total. The first-order valence-corrected chi connectivity index (χ1v) is 21.1. The van der Waals surface area contributed by atoms with Gasteiger partial charge in [0, 0.05) is 59.2 Å². The van der Waals surface area contributed by atoms with Crippen LogP contribution in [0.3, 0.4) is 0 Å². The Kier molecular flexibility index (Phi) is 7.06. The number of benzene rings is 7. The Morgan fingerprint density at radius 3 is 2.29 bits per heavy atom. The highest BCUT2D eigenvalue weighted by atomic mass is 32.1. The molecule has 0 saturated carbocycles. The fourth-order valence-electron chi connectivity index (χ4n) is 9.71. The maximum Gasteiger partial charge on any atom is 0.164 e. The molecule has 1 atom stereocenters. The van der Waals surface area contributed by atoms with Crippen molar-refractivity contribution in [1.82, 2.24) is 19.5 Å². The summed E-state index contributed by atoms with van der Waals surface area (Å²) >= 11 is 1.82. The molecule has 1 aliphatic heterocycles. The number of ether oxygens (including phenoxy) is 1. The van der Waals surface area contributed by atoms with Crippen molar-refractivity contribution in [2.75, 3.05) is 0 Å². The Bertz CT molecular complexity index is 3510. The van der Waals surface area contributed by atoms with Gasteiger partial charge in [-0.05, 0) is 120 Å². The molecular weight excluding hydrogens is 741 g/mol. The predicted molar refractivity (Wildman–Crippen MR) is 243 cm³/mol. The van der Waals surface area contributed by atoms with Gasteiger partial charge in [0.15, 0.2) is 17.5 Å². The van der Waals surface area contributed by atoms with E-state index in [1.165, 1.54) is 69.4 Å². The van der Waals surface area contributed by atoms with Gasteiger partial charge in [-0.3, -0.25) is 0 Å². The van der Waals surface area contributed by atoms with Crippen LogP contribution in [0.15, 0.2) is 164 Å². The molecule has 59 heavy (non-hydrogen) atoms. The van der Waals surface area contributed by atoms with Gasteiger partial charge in [-0.2, -0.15) is 0 Å². The summed E-state index contributed by atoms with van der Waals surface area (Å²) in [5, 5.41) is 7.70. The molecule has 0 spiro atoms. The molecule has 13 rings (SSSR count). The highest BCUT2D eigenvalue weighted by Gasteiger charge is 2.33. The van der Waals surface area contributed by atoms with Crippen LogP contribution in [-0.2, 0) is 6.42 Å². The maximum absolute atomic E-state index is 6.25. The molecule has 0 N–H and O–H groups in total. The summed E-state index contributed by atoms with van der Waals surface area (Å²) in [6, 6.07) is 50.2. The van der Waals surface area contributed by atoms with Crippen LogP contribution in [0.4, 0.5) is 0 Å². The second-order valence-electron chi connectivity index (χ2n) is 15.8. The molecule has 6 heteroatoms. The summed E-state index contributed by atoms with van der Waals surface area (Å²) < 4.78 is 11.2. The zero-order valence-electron chi connectivity index (χ0n) is 31.9. The van der Waals surface area contributed by atoms with E-state index in [2.05, 4.69) is 156 Å². The number of nitrogens with zero attached hydrogens (tertiary/aromatic N) is 4. The number of para-hydroxylation sites is 1.